The van der Waals surface area contributed by atoms with E-state index in [0.29, 0.717) is 28.6 Å². The number of hydrogen-bond acceptors (Lipinski definition) is 8. The van der Waals surface area contributed by atoms with Crippen molar-refractivity contribution in [1.82, 2.24) is 35.5 Å². The Kier molecular flexibility index (Phi) is 6.40. The number of amides is 1. The van der Waals surface area contributed by atoms with Crippen molar-refractivity contribution in [2.45, 2.75) is 45.2 Å². The molecule has 1 amide bonds. The molecule has 1 aliphatic rings. The number of aromatic nitrogens is 5. The Morgan fingerprint density at radius 3 is 2.81 bits per heavy atom. The summed E-state index contributed by atoms with van der Waals surface area (Å²) in [7, 11) is 3.54. The van der Waals surface area contributed by atoms with Crippen LogP contribution in [0.25, 0.3) is 22.2 Å². The van der Waals surface area contributed by atoms with Crippen molar-refractivity contribution < 1.29 is 13.7 Å². The first-order valence-electron chi connectivity index (χ1n) is 12.3. The normalized spacial score (nSPS) is 16.1. The molecule has 37 heavy (non-hydrogen) atoms. The van der Waals surface area contributed by atoms with Gasteiger partial charge in [0.25, 0.3) is 0 Å². The van der Waals surface area contributed by atoms with Crippen LogP contribution in [0.3, 0.4) is 0 Å². The number of nitrogens with one attached hydrogen (secondary N) is 2. The number of rotatable bonds is 6. The molecule has 0 saturated carbocycles. The van der Waals surface area contributed by atoms with Gasteiger partial charge in [0, 0.05) is 49.9 Å². The van der Waals surface area contributed by atoms with Crippen LogP contribution in [-0.2, 0) is 12.0 Å². The zero-order valence-corrected chi connectivity index (χ0v) is 21.7. The lowest BCUT2D eigenvalue weighted by Crippen LogP contribution is -2.29. The number of halogens is 1. The lowest BCUT2D eigenvalue weighted by Gasteiger charge is -2.18. The molecule has 5 rings (SSSR count). The molecule has 0 radical (unpaired) electrons. The summed E-state index contributed by atoms with van der Waals surface area (Å²) in [5.41, 5.74) is 2.24. The van der Waals surface area contributed by atoms with Gasteiger partial charge in [-0.15, -0.1) is 0 Å². The zero-order valence-electron chi connectivity index (χ0n) is 21.7. The van der Waals surface area contributed by atoms with Crippen molar-refractivity contribution in [1.29, 1.82) is 0 Å². The van der Waals surface area contributed by atoms with Crippen molar-refractivity contribution >= 4 is 22.8 Å². The minimum absolute atomic E-state index is 0.0556. The van der Waals surface area contributed by atoms with Crippen molar-refractivity contribution in [2.75, 3.05) is 32.1 Å². The molecular weight excluding hydrogens is 475 g/mol. The summed E-state index contributed by atoms with van der Waals surface area (Å²) in [6, 6.07) is 7.31. The van der Waals surface area contributed by atoms with Gasteiger partial charge in [-0.2, -0.15) is 10.1 Å². The molecule has 1 unspecified atom stereocenters. The van der Waals surface area contributed by atoms with E-state index >= 15 is 4.39 Å². The molecule has 0 spiro atoms. The van der Waals surface area contributed by atoms with Gasteiger partial charge in [0.05, 0.1) is 5.39 Å². The van der Waals surface area contributed by atoms with E-state index in [-0.39, 0.29) is 17.9 Å². The molecule has 4 aromatic rings. The van der Waals surface area contributed by atoms with Gasteiger partial charge in [-0.3, -0.25) is 9.89 Å². The van der Waals surface area contributed by atoms with Gasteiger partial charge in [-0.05, 0) is 36.7 Å². The highest BCUT2D eigenvalue weighted by atomic mass is 19.1. The maximum Gasteiger partial charge on any atom is 0.316 e. The number of benzene rings is 1. The van der Waals surface area contributed by atoms with Crippen LogP contribution in [0.15, 0.2) is 35.0 Å². The Bertz CT molecular complexity index is 1440. The third kappa shape index (κ3) is 4.78. The minimum atomic E-state index is -0.462. The first-order valence-corrected chi connectivity index (χ1v) is 12.3. The number of carbonyl (C=O) groups excluding carboxylic acids is 1. The van der Waals surface area contributed by atoms with Crippen LogP contribution in [0, 0.1) is 5.82 Å². The monoisotopic (exact) mass is 506 g/mol. The topological polar surface area (TPSA) is 116 Å². The van der Waals surface area contributed by atoms with Crippen LogP contribution in [-0.4, -0.2) is 69.4 Å². The molecule has 2 N–H and O–H groups in total. The molecule has 1 fully saturated rings. The summed E-state index contributed by atoms with van der Waals surface area (Å²) in [6.45, 7) is 7.57. The van der Waals surface area contributed by atoms with E-state index in [1.165, 1.54) is 11.0 Å². The van der Waals surface area contributed by atoms with E-state index in [0.717, 1.165) is 36.3 Å². The van der Waals surface area contributed by atoms with Crippen LogP contribution in [0.5, 0.6) is 0 Å². The van der Waals surface area contributed by atoms with E-state index in [9.17, 15) is 4.79 Å². The van der Waals surface area contributed by atoms with Crippen LogP contribution < -0.4 is 10.2 Å². The summed E-state index contributed by atoms with van der Waals surface area (Å²) < 4.78 is 20.5. The summed E-state index contributed by atoms with van der Waals surface area (Å²) >= 11 is 0. The molecule has 3 aromatic heterocycles. The standard InChI is InChI=1S/C26H31FN8O2/c1-26(2,3)25-30-23(37-33-25)24(36)34(5)13-16-7-6-15(12-19(16)27)18-8-10-29-21-20(18)22(32-31-21)35-11-9-17(14-35)28-4/h6-8,10,12,17,28H,9,11,13-14H2,1-5H3,(H,29,31,32). The molecule has 4 heterocycles. The van der Waals surface area contributed by atoms with Gasteiger partial charge in [0.2, 0.25) is 0 Å². The van der Waals surface area contributed by atoms with Gasteiger partial charge in [0.15, 0.2) is 17.3 Å². The lowest BCUT2D eigenvalue weighted by atomic mass is 9.96. The van der Waals surface area contributed by atoms with E-state index in [1.807, 2.05) is 40.0 Å². The van der Waals surface area contributed by atoms with Gasteiger partial charge >= 0.3 is 11.8 Å². The van der Waals surface area contributed by atoms with Gasteiger partial charge in [-0.25, -0.2) is 9.37 Å². The van der Waals surface area contributed by atoms with E-state index in [4.69, 9.17) is 4.52 Å². The Balaban J connectivity index is 1.39. The van der Waals surface area contributed by atoms with Gasteiger partial charge < -0.3 is 19.6 Å². The molecule has 10 nitrogen and oxygen atoms in total. The predicted molar refractivity (Wildman–Crippen MR) is 138 cm³/mol. The highest BCUT2D eigenvalue weighted by Crippen LogP contribution is 2.35. The van der Waals surface area contributed by atoms with Crippen LogP contribution in [0.1, 0.15) is 49.3 Å². The SMILES string of the molecule is CNC1CCN(c2n[nH]c3nccc(-c4ccc(CN(C)C(=O)c5nc(C(C)(C)C)no5)c(F)c4)c23)C1. The molecule has 1 saturated heterocycles. The summed E-state index contributed by atoms with van der Waals surface area (Å²) in [6.07, 6.45) is 2.71. The second-order valence-electron chi connectivity index (χ2n) is 10.5. The summed E-state index contributed by atoms with van der Waals surface area (Å²) in [4.78, 5) is 25.0. The quantitative estimate of drug-likeness (QED) is 0.408. The van der Waals surface area contributed by atoms with Crippen LogP contribution >= 0.6 is 0 Å². The van der Waals surface area contributed by atoms with Crippen molar-refractivity contribution in [3.05, 3.63) is 53.6 Å². The number of hydrogen-bond donors (Lipinski definition) is 2. The second-order valence-corrected chi connectivity index (χ2v) is 10.5. The number of aromatic amines is 1. The molecule has 1 aromatic carbocycles. The smallest absolute Gasteiger partial charge is 0.316 e. The largest absolute Gasteiger partial charge is 0.353 e. The maximum absolute atomic E-state index is 15.3. The second kappa shape index (κ2) is 9.55. The molecule has 0 bridgehead atoms. The average molecular weight is 507 g/mol. The number of H-pyrrole nitrogens is 1. The highest BCUT2D eigenvalue weighted by Gasteiger charge is 2.27. The number of likely N-dealkylation sites (N-methyl/N-ethyl adjacent to an activating group) is 1. The third-order valence-electron chi connectivity index (χ3n) is 6.74. The summed E-state index contributed by atoms with van der Waals surface area (Å²) in [5.74, 6) is 0.274. The van der Waals surface area contributed by atoms with Gasteiger partial charge in [-0.1, -0.05) is 38.1 Å². The highest BCUT2D eigenvalue weighted by molar-refractivity contribution is 6.00. The number of carbonyl (C=O) groups is 1. The Morgan fingerprint density at radius 1 is 1.32 bits per heavy atom. The van der Waals surface area contributed by atoms with Gasteiger partial charge in [0.1, 0.15) is 5.82 Å². The molecule has 1 atom stereocenters. The Hall–Kier alpha value is -3.86. The van der Waals surface area contributed by atoms with Crippen molar-refractivity contribution in [3.63, 3.8) is 0 Å². The third-order valence-corrected chi connectivity index (χ3v) is 6.74. The minimum Gasteiger partial charge on any atom is -0.353 e. The number of anilines is 1. The zero-order chi connectivity index (χ0) is 26.3. The fourth-order valence-corrected chi connectivity index (χ4v) is 4.54. The van der Waals surface area contributed by atoms with E-state index in [1.54, 1.807) is 19.3 Å². The van der Waals surface area contributed by atoms with E-state index < -0.39 is 11.7 Å². The summed E-state index contributed by atoms with van der Waals surface area (Å²) in [5, 5.41) is 15.6. The molecular formula is C26H31FN8O2. The fraction of sp³-hybridized carbons (Fsp3) is 0.423. The maximum atomic E-state index is 15.3. The molecule has 194 valence electrons. The Labute approximate surface area is 214 Å². The van der Waals surface area contributed by atoms with E-state index in [2.05, 4.69) is 35.5 Å². The predicted octanol–water partition coefficient (Wildman–Crippen LogP) is 3.51. The number of pyridine rings is 1. The Morgan fingerprint density at radius 2 is 2.14 bits per heavy atom. The fourth-order valence-electron chi connectivity index (χ4n) is 4.54. The molecule has 0 aliphatic carbocycles. The molecule has 1 aliphatic heterocycles. The number of fused-ring (bicyclic) bond motifs is 1. The van der Waals surface area contributed by atoms with Crippen LogP contribution in [0.4, 0.5) is 10.2 Å². The van der Waals surface area contributed by atoms with Crippen molar-refractivity contribution in [2.24, 2.45) is 0 Å². The first-order chi connectivity index (χ1) is 17.7. The first kappa shape index (κ1) is 24.8. The van der Waals surface area contributed by atoms with Crippen LogP contribution in [0.2, 0.25) is 0 Å². The van der Waals surface area contributed by atoms with Crippen molar-refractivity contribution in [3.8, 4) is 11.1 Å². The lowest BCUT2D eigenvalue weighted by molar-refractivity contribution is 0.0734. The average Bonchev–Trinajstić information content (AvgIpc) is 3.63. The number of nitrogens with zero attached hydrogens (tertiary/aromatic N) is 6. The molecule has 11 heteroatoms.